The summed E-state index contributed by atoms with van der Waals surface area (Å²) in [5.41, 5.74) is 0. The molecule has 2 aliphatic carbocycles. The Morgan fingerprint density at radius 3 is 2.09 bits per heavy atom. The van der Waals surface area contributed by atoms with E-state index in [2.05, 4.69) is 16.1 Å². The molecule has 0 spiro atoms. The normalized spacial score (nSPS) is 27.5. The summed E-state index contributed by atoms with van der Waals surface area (Å²) >= 11 is 0. The molecular weight excluding hydrogens is 590 g/mol. The molecule has 12 heteroatoms. The Hall–Kier alpha value is -1.81. The molecule has 0 aromatic carbocycles. The number of alkyl halides is 2. The van der Waals surface area contributed by atoms with E-state index in [1.54, 1.807) is 20.8 Å². The van der Waals surface area contributed by atoms with Gasteiger partial charge in [0, 0.05) is 50.4 Å². The number of amides is 2. The van der Waals surface area contributed by atoms with Gasteiger partial charge in [-0.15, -0.1) is 17.2 Å². The van der Waals surface area contributed by atoms with Crippen LogP contribution in [0.3, 0.4) is 0 Å². The van der Waals surface area contributed by atoms with Gasteiger partial charge < -0.3 is 15.3 Å². The van der Waals surface area contributed by atoms with Gasteiger partial charge in [0.05, 0.1) is 17.9 Å². The minimum Gasteiger partial charge on any atom is -0.390 e. The van der Waals surface area contributed by atoms with Crippen LogP contribution in [-0.4, -0.2) is 91.7 Å². The Morgan fingerprint density at radius 1 is 0.977 bits per heavy atom. The van der Waals surface area contributed by atoms with Crippen molar-refractivity contribution in [3.63, 3.8) is 0 Å². The lowest BCUT2D eigenvalue weighted by molar-refractivity contribution is -0.139. The molecule has 7 unspecified atom stereocenters. The number of terminal acetylenes is 1. The zero-order valence-corrected chi connectivity index (χ0v) is 28.1. The van der Waals surface area contributed by atoms with Gasteiger partial charge in [0.1, 0.15) is 12.3 Å². The van der Waals surface area contributed by atoms with E-state index in [1.165, 1.54) is 5.01 Å². The van der Waals surface area contributed by atoms with Crippen LogP contribution in [0.1, 0.15) is 92.4 Å². The highest BCUT2D eigenvalue weighted by molar-refractivity contribution is 7.89. The van der Waals surface area contributed by atoms with Crippen molar-refractivity contribution in [3.8, 4) is 12.3 Å². The molecule has 2 rings (SSSR count). The first-order valence-electron chi connectivity index (χ1n) is 16.5. The fraction of sp³-hybridized carbons (Fsp3) is 0.875. The third-order valence-electron chi connectivity index (χ3n) is 8.64. The molecule has 0 aromatic heterocycles. The summed E-state index contributed by atoms with van der Waals surface area (Å²) in [6.45, 7) is 10.7. The van der Waals surface area contributed by atoms with Crippen molar-refractivity contribution in [1.82, 2.24) is 20.1 Å². The summed E-state index contributed by atoms with van der Waals surface area (Å²) in [5.74, 6) is 0.548. The zero-order valence-electron chi connectivity index (χ0n) is 27.3. The number of carbonyl (C=O) groups is 2. The van der Waals surface area contributed by atoms with Gasteiger partial charge in [0.15, 0.2) is 0 Å². The Bertz CT molecular complexity index is 1040. The largest absolute Gasteiger partial charge is 0.390 e. The van der Waals surface area contributed by atoms with Crippen molar-refractivity contribution >= 4 is 21.8 Å². The molecule has 0 radical (unpaired) electrons. The number of carbonyl (C=O) groups excluding carboxylic acids is 2. The monoisotopic (exact) mass is 646 g/mol. The van der Waals surface area contributed by atoms with Gasteiger partial charge in [-0.2, -0.15) is 0 Å². The average molecular weight is 647 g/mol. The number of hydrogen-bond donors (Lipinski definition) is 3. The lowest BCUT2D eigenvalue weighted by atomic mass is 9.74. The summed E-state index contributed by atoms with van der Waals surface area (Å²) < 4.78 is 53.7. The molecule has 2 aliphatic rings. The number of likely N-dealkylation sites (N-methyl/N-ethyl adjacent to an activating group) is 1. The van der Waals surface area contributed by atoms with Crippen molar-refractivity contribution in [2.24, 2.45) is 29.6 Å². The molecule has 0 aliphatic heterocycles. The molecule has 0 aromatic rings. The van der Waals surface area contributed by atoms with E-state index in [1.807, 2.05) is 18.7 Å². The maximum absolute atomic E-state index is 14.3. The van der Waals surface area contributed by atoms with Crippen LogP contribution in [0.15, 0.2) is 0 Å². The van der Waals surface area contributed by atoms with Crippen LogP contribution in [0.2, 0.25) is 0 Å². The van der Waals surface area contributed by atoms with Gasteiger partial charge in [0.25, 0.3) is 0 Å². The first kappa shape index (κ1) is 38.4. The van der Waals surface area contributed by atoms with Gasteiger partial charge in [-0.05, 0) is 63.2 Å². The second kappa shape index (κ2) is 18.4. The quantitative estimate of drug-likeness (QED) is 0.163. The molecule has 0 heterocycles. The highest BCUT2D eigenvalue weighted by atomic mass is 32.2. The summed E-state index contributed by atoms with van der Waals surface area (Å²) in [7, 11) is -3.66. The highest BCUT2D eigenvalue weighted by Gasteiger charge is 2.39. The number of nitrogens with zero attached hydrogens (tertiary/aromatic N) is 2. The fourth-order valence-corrected chi connectivity index (χ4v) is 8.26. The van der Waals surface area contributed by atoms with Crippen LogP contribution >= 0.6 is 0 Å². The third-order valence-corrected chi connectivity index (χ3v) is 10.3. The van der Waals surface area contributed by atoms with Crippen LogP contribution in [0.5, 0.6) is 0 Å². The van der Waals surface area contributed by atoms with Gasteiger partial charge in [-0.1, -0.05) is 34.6 Å². The van der Waals surface area contributed by atoms with E-state index in [9.17, 15) is 31.9 Å². The Labute approximate surface area is 264 Å². The minimum atomic E-state index is -3.66. The Morgan fingerprint density at radius 2 is 1.57 bits per heavy atom. The number of aliphatic hydroxyl groups is 1. The third kappa shape index (κ3) is 12.5. The Balaban J connectivity index is 2.24. The van der Waals surface area contributed by atoms with E-state index >= 15 is 0 Å². The topological polar surface area (TPSA) is 119 Å². The number of nitrogens with one attached hydrogen (secondary N) is 2. The highest BCUT2D eigenvalue weighted by Crippen LogP contribution is 2.36. The molecule has 7 atom stereocenters. The lowest BCUT2D eigenvalue weighted by Crippen LogP contribution is -2.54. The molecule has 3 N–H and O–H groups in total. The fourth-order valence-electron chi connectivity index (χ4n) is 6.71. The number of rotatable bonds is 17. The minimum absolute atomic E-state index is 0.000449. The predicted molar refractivity (Wildman–Crippen MR) is 169 cm³/mol. The van der Waals surface area contributed by atoms with E-state index in [-0.39, 0.29) is 68.2 Å². The molecule has 2 fully saturated rings. The standard InChI is InChI=1S/C32H56F2N4O5S/c1-7-11-37(12-8-2)32(41)26-14-23(9-3)13-25(18-26)31(40)35-29(17-24-15-27(33)19-28(34)16-24)30(39)20-38(10-4)36-44(42,43)21-22(5)6/h3,22-30,36,39H,7-8,10-21H2,1-2,4-6H3,(H,35,40). The molecule has 0 saturated heterocycles. The second-order valence-electron chi connectivity index (χ2n) is 13.3. The van der Waals surface area contributed by atoms with E-state index in [4.69, 9.17) is 6.42 Å². The van der Waals surface area contributed by atoms with Crippen LogP contribution in [0.4, 0.5) is 8.78 Å². The molecule has 2 amide bonds. The average Bonchev–Trinajstić information content (AvgIpc) is 2.94. The summed E-state index contributed by atoms with van der Waals surface area (Å²) in [6, 6.07) is -0.884. The van der Waals surface area contributed by atoms with Crippen molar-refractivity contribution in [2.75, 3.05) is 31.9 Å². The number of halogens is 2. The number of sulfonamides is 1. The number of hydrogen-bond acceptors (Lipinski definition) is 6. The maximum atomic E-state index is 14.3. The summed E-state index contributed by atoms with van der Waals surface area (Å²) in [4.78, 5) is 31.5. The second-order valence-corrected chi connectivity index (χ2v) is 15.0. The predicted octanol–water partition coefficient (Wildman–Crippen LogP) is 3.83. The van der Waals surface area contributed by atoms with Gasteiger partial charge in [0.2, 0.25) is 21.8 Å². The van der Waals surface area contributed by atoms with Crippen LogP contribution in [-0.2, 0) is 19.6 Å². The number of aliphatic hydroxyl groups excluding tert-OH is 1. The number of hydrazine groups is 1. The molecule has 9 nitrogen and oxygen atoms in total. The van der Waals surface area contributed by atoms with Crippen LogP contribution in [0.25, 0.3) is 0 Å². The molecular formula is C32H56F2N4O5S. The summed E-state index contributed by atoms with van der Waals surface area (Å²) in [5, 5.41) is 15.7. The van der Waals surface area contributed by atoms with Crippen molar-refractivity contribution in [2.45, 2.75) is 117 Å². The van der Waals surface area contributed by atoms with Crippen LogP contribution in [0, 0.1) is 41.9 Å². The van der Waals surface area contributed by atoms with Gasteiger partial charge in [-0.25, -0.2) is 22.2 Å². The van der Waals surface area contributed by atoms with Crippen LogP contribution < -0.4 is 10.1 Å². The van der Waals surface area contributed by atoms with Crippen molar-refractivity contribution < 1.29 is 31.9 Å². The maximum Gasteiger partial charge on any atom is 0.225 e. The van der Waals surface area contributed by atoms with E-state index in [0.717, 1.165) is 12.8 Å². The molecule has 0 bridgehead atoms. The van der Waals surface area contributed by atoms with E-state index in [0.29, 0.717) is 32.4 Å². The lowest BCUT2D eigenvalue weighted by Gasteiger charge is -2.37. The van der Waals surface area contributed by atoms with Crippen molar-refractivity contribution in [1.29, 1.82) is 0 Å². The molecule has 254 valence electrons. The Kier molecular flexibility index (Phi) is 16.0. The smallest absolute Gasteiger partial charge is 0.225 e. The zero-order chi connectivity index (χ0) is 33.0. The summed E-state index contributed by atoms with van der Waals surface area (Å²) in [6.07, 6.45) is 5.07. The van der Waals surface area contributed by atoms with Gasteiger partial charge >= 0.3 is 0 Å². The van der Waals surface area contributed by atoms with Gasteiger partial charge in [-0.3, -0.25) is 9.59 Å². The first-order valence-corrected chi connectivity index (χ1v) is 18.1. The SMILES string of the molecule is C#CC1CC(C(=O)NC(CC2CC(F)CC(F)C2)C(O)CN(CC)NS(=O)(=O)CC(C)C)CC(C(=O)N(CCC)CCC)C1. The molecule has 44 heavy (non-hydrogen) atoms. The van der Waals surface area contributed by atoms with Crippen molar-refractivity contribution in [3.05, 3.63) is 0 Å². The molecule has 2 saturated carbocycles. The van der Waals surface area contributed by atoms with E-state index < -0.39 is 52.3 Å². The first-order chi connectivity index (χ1) is 20.7.